The number of hydrogen-bond acceptors (Lipinski definition) is 2. The molecule has 0 bridgehead atoms. The molecule has 0 saturated heterocycles. The van der Waals surface area contributed by atoms with Gasteiger partial charge in [-0.15, -0.1) is 0 Å². The topological polar surface area (TPSA) is 24.9 Å². The van der Waals surface area contributed by atoms with Crippen LogP contribution in [0.15, 0.2) is 60.8 Å². The number of anilines is 1. The summed E-state index contributed by atoms with van der Waals surface area (Å²) in [4.78, 5) is 4.33. The molecule has 3 rings (SSSR count). The van der Waals surface area contributed by atoms with Gasteiger partial charge in [0.2, 0.25) is 0 Å². The van der Waals surface area contributed by atoms with Gasteiger partial charge in [0.15, 0.2) is 0 Å². The quantitative estimate of drug-likeness (QED) is 0.771. The number of hydrogen-bond donors (Lipinski definition) is 1. The molecule has 0 saturated carbocycles. The highest BCUT2D eigenvalue weighted by Crippen LogP contribution is 2.20. The minimum Gasteiger partial charge on any atom is -0.384 e. The van der Waals surface area contributed by atoms with Crippen molar-refractivity contribution in [3.8, 4) is 0 Å². The van der Waals surface area contributed by atoms with E-state index in [0.29, 0.717) is 0 Å². The molecule has 1 N–H and O–H groups in total. The van der Waals surface area contributed by atoms with Crippen LogP contribution in [-0.4, -0.2) is 11.5 Å². The first-order valence-corrected chi connectivity index (χ1v) is 6.65. The van der Waals surface area contributed by atoms with Crippen molar-refractivity contribution in [3.63, 3.8) is 0 Å². The van der Waals surface area contributed by atoms with Crippen LogP contribution in [-0.2, 0) is 6.42 Å². The van der Waals surface area contributed by atoms with Gasteiger partial charge >= 0.3 is 0 Å². The van der Waals surface area contributed by atoms with Crippen molar-refractivity contribution in [2.75, 3.05) is 11.9 Å². The predicted molar refractivity (Wildman–Crippen MR) is 80.3 cm³/mol. The fourth-order valence-electron chi connectivity index (χ4n) is 2.28. The molecule has 20 heavy (non-hydrogen) atoms. The summed E-state index contributed by atoms with van der Waals surface area (Å²) in [6.45, 7) is 0.761. The lowest BCUT2D eigenvalue weighted by atomic mass is 10.1. The van der Waals surface area contributed by atoms with Crippen LogP contribution in [0.2, 0.25) is 0 Å². The number of halogens is 1. The van der Waals surface area contributed by atoms with E-state index in [-0.39, 0.29) is 5.82 Å². The van der Waals surface area contributed by atoms with Gasteiger partial charge < -0.3 is 5.32 Å². The summed E-state index contributed by atoms with van der Waals surface area (Å²) >= 11 is 0. The van der Waals surface area contributed by atoms with E-state index >= 15 is 0 Å². The standard InChI is InChI=1S/C17H15FN2/c18-14-5-3-4-13(12-14)8-10-19-17-9-11-20-16-7-2-1-6-15(16)17/h1-7,9,11-12H,8,10H2,(H,19,20). The number of benzene rings is 2. The molecule has 1 heterocycles. The molecule has 0 radical (unpaired) electrons. The molecule has 3 aromatic rings. The summed E-state index contributed by atoms with van der Waals surface area (Å²) in [6.07, 6.45) is 2.58. The van der Waals surface area contributed by atoms with Crippen molar-refractivity contribution in [2.24, 2.45) is 0 Å². The fourth-order valence-corrected chi connectivity index (χ4v) is 2.28. The lowest BCUT2D eigenvalue weighted by Gasteiger charge is -2.09. The molecule has 2 nitrogen and oxygen atoms in total. The molecule has 0 fully saturated rings. The summed E-state index contributed by atoms with van der Waals surface area (Å²) in [5.41, 5.74) is 3.03. The van der Waals surface area contributed by atoms with Gasteiger partial charge in [-0.1, -0.05) is 30.3 Å². The van der Waals surface area contributed by atoms with E-state index in [9.17, 15) is 4.39 Å². The summed E-state index contributed by atoms with van der Waals surface area (Å²) in [5, 5.41) is 4.50. The number of para-hydroxylation sites is 1. The molecule has 2 aromatic carbocycles. The van der Waals surface area contributed by atoms with Crippen molar-refractivity contribution in [2.45, 2.75) is 6.42 Å². The van der Waals surface area contributed by atoms with Crippen molar-refractivity contribution in [1.82, 2.24) is 4.98 Å². The zero-order valence-corrected chi connectivity index (χ0v) is 11.0. The normalized spacial score (nSPS) is 10.7. The minimum absolute atomic E-state index is 0.183. The van der Waals surface area contributed by atoms with E-state index in [4.69, 9.17) is 0 Å². The second kappa shape index (κ2) is 5.70. The monoisotopic (exact) mass is 266 g/mol. The molecular weight excluding hydrogens is 251 g/mol. The zero-order valence-electron chi connectivity index (χ0n) is 11.0. The van der Waals surface area contributed by atoms with E-state index in [1.54, 1.807) is 18.3 Å². The van der Waals surface area contributed by atoms with Gasteiger partial charge in [-0.3, -0.25) is 4.98 Å². The third kappa shape index (κ3) is 2.77. The first kappa shape index (κ1) is 12.6. The molecule has 1 aromatic heterocycles. The largest absolute Gasteiger partial charge is 0.384 e. The van der Waals surface area contributed by atoms with Crippen LogP contribution >= 0.6 is 0 Å². The van der Waals surface area contributed by atoms with Crippen LogP contribution in [0.5, 0.6) is 0 Å². The number of nitrogens with zero attached hydrogens (tertiary/aromatic N) is 1. The highest BCUT2D eigenvalue weighted by molar-refractivity contribution is 5.90. The van der Waals surface area contributed by atoms with Crippen LogP contribution < -0.4 is 5.32 Å². The Kier molecular flexibility index (Phi) is 3.59. The van der Waals surface area contributed by atoms with E-state index in [1.807, 2.05) is 36.4 Å². The van der Waals surface area contributed by atoms with Gasteiger partial charge in [0.05, 0.1) is 5.52 Å². The molecule has 0 aliphatic heterocycles. The summed E-state index contributed by atoms with van der Waals surface area (Å²) in [6, 6.07) is 16.7. The van der Waals surface area contributed by atoms with E-state index in [0.717, 1.165) is 35.1 Å². The fraction of sp³-hybridized carbons (Fsp3) is 0.118. The maximum Gasteiger partial charge on any atom is 0.123 e. The Morgan fingerprint density at radius 3 is 2.80 bits per heavy atom. The van der Waals surface area contributed by atoms with Crippen LogP contribution in [0, 0.1) is 5.82 Å². The van der Waals surface area contributed by atoms with Crippen molar-refractivity contribution >= 4 is 16.6 Å². The summed E-state index contributed by atoms with van der Waals surface area (Å²) < 4.78 is 13.1. The van der Waals surface area contributed by atoms with Gasteiger partial charge in [0, 0.05) is 23.8 Å². The molecule has 3 heteroatoms. The number of aromatic nitrogens is 1. The van der Waals surface area contributed by atoms with Crippen LogP contribution in [0.3, 0.4) is 0 Å². The first-order valence-electron chi connectivity index (χ1n) is 6.65. The van der Waals surface area contributed by atoms with Crippen LogP contribution in [0.4, 0.5) is 10.1 Å². The highest BCUT2D eigenvalue weighted by Gasteiger charge is 2.01. The van der Waals surface area contributed by atoms with Gasteiger partial charge in [-0.2, -0.15) is 0 Å². The second-order valence-electron chi connectivity index (χ2n) is 4.68. The maximum absolute atomic E-state index is 13.1. The molecular formula is C17H15FN2. The lowest BCUT2D eigenvalue weighted by Crippen LogP contribution is -2.05. The Hall–Kier alpha value is -2.42. The molecule has 0 aliphatic carbocycles. The van der Waals surface area contributed by atoms with Gasteiger partial charge in [-0.05, 0) is 36.2 Å². The van der Waals surface area contributed by atoms with Gasteiger partial charge in [0.25, 0.3) is 0 Å². The average Bonchev–Trinajstić information content (AvgIpc) is 2.48. The van der Waals surface area contributed by atoms with Crippen molar-refractivity contribution < 1.29 is 4.39 Å². The van der Waals surface area contributed by atoms with Crippen LogP contribution in [0.25, 0.3) is 10.9 Å². The maximum atomic E-state index is 13.1. The molecule has 0 aliphatic rings. The molecule has 0 unspecified atom stereocenters. The van der Waals surface area contributed by atoms with E-state index in [1.165, 1.54) is 6.07 Å². The molecule has 0 spiro atoms. The second-order valence-corrected chi connectivity index (χ2v) is 4.68. The Morgan fingerprint density at radius 2 is 1.90 bits per heavy atom. The highest BCUT2D eigenvalue weighted by atomic mass is 19.1. The SMILES string of the molecule is Fc1cccc(CCNc2ccnc3ccccc23)c1. The Morgan fingerprint density at radius 1 is 1.00 bits per heavy atom. The van der Waals surface area contributed by atoms with Crippen molar-refractivity contribution in [1.29, 1.82) is 0 Å². The summed E-state index contributed by atoms with van der Waals surface area (Å²) in [5.74, 6) is -0.183. The van der Waals surface area contributed by atoms with Crippen molar-refractivity contribution in [3.05, 3.63) is 72.2 Å². The third-order valence-corrected chi connectivity index (χ3v) is 3.27. The van der Waals surface area contributed by atoms with Gasteiger partial charge in [-0.25, -0.2) is 4.39 Å². The van der Waals surface area contributed by atoms with E-state index in [2.05, 4.69) is 10.3 Å². The number of rotatable bonds is 4. The Bertz CT molecular complexity index is 720. The summed E-state index contributed by atoms with van der Waals surface area (Å²) in [7, 11) is 0. The number of pyridine rings is 1. The zero-order chi connectivity index (χ0) is 13.8. The van der Waals surface area contributed by atoms with E-state index < -0.39 is 0 Å². The number of nitrogens with one attached hydrogen (secondary N) is 1. The minimum atomic E-state index is -0.183. The van der Waals surface area contributed by atoms with Crippen LogP contribution in [0.1, 0.15) is 5.56 Å². The molecule has 0 atom stereocenters. The van der Waals surface area contributed by atoms with Gasteiger partial charge in [0.1, 0.15) is 5.82 Å². The first-order chi connectivity index (χ1) is 9.83. The Balaban J connectivity index is 1.71. The predicted octanol–water partition coefficient (Wildman–Crippen LogP) is 4.03. The molecule has 0 amide bonds. The third-order valence-electron chi connectivity index (χ3n) is 3.27. The average molecular weight is 266 g/mol. The Labute approximate surface area is 117 Å². The molecule has 100 valence electrons. The lowest BCUT2D eigenvalue weighted by molar-refractivity contribution is 0.625. The smallest absolute Gasteiger partial charge is 0.123 e. The number of fused-ring (bicyclic) bond motifs is 1.